The summed E-state index contributed by atoms with van der Waals surface area (Å²) in [5.74, 6) is 0.642. The van der Waals surface area contributed by atoms with Crippen molar-refractivity contribution in [1.82, 2.24) is 20.0 Å². The van der Waals surface area contributed by atoms with E-state index in [0.29, 0.717) is 30.7 Å². The monoisotopic (exact) mass is 425 g/mol. The first-order valence-corrected chi connectivity index (χ1v) is 10.5. The van der Waals surface area contributed by atoms with Gasteiger partial charge in [-0.25, -0.2) is 0 Å². The highest BCUT2D eigenvalue weighted by molar-refractivity contribution is 5.95. The van der Waals surface area contributed by atoms with Crippen LogP contribution in [0, 0.1) is 5.92 Å². The van der Waals surface area contributed by atoms with Crippen LogP contribution < -0.4 is 10.6 Å². The van der Waals surface area contributed by atoms with Crippen molar-refractivity contribution in [3.8, 4) is 0 Å². The van der Waals surface area contributed by atoms with Crippen molar-refractivity contribution in [2.45, 2.75) is 76.8 Å². The average Bonchev–Trinajstić information content (AvgIpc) is 3.27. The zero-order valence-corrected chi connectivity index (χ0v) is 18.0. The highest BCUT2D eigenvalue weighted by atomic mass is 35.5. The van der Waals surface area contributed by atoms with Crippen LogP contribution in [-0.4, -0.2) is 63.9 Å². The molecule has 0 aromatic carbocycles. The third-order valence-corrected chi connectivity index (χ3v) is 6.15. The van der Waals surface area contributed by atoms with Crippen molar-refractivity contribution in [1.29, 1.82) is 0 Å². The summed E-state index contributed by atoms with van der Waals surface area (Å²) >= 11 is 0. The molecule has 1 aromatic heterocycles. The molecule has 4 rings (SSSR count). The van der Waals surface area contributed by atoms with E-state index < -0.39 is 0 Å². The molecular formula is C20H32ClN5O3. The minimum Gasteiger partial charge on any atom is -0.372 e. The second-order valence-corrected chi connectivity index (χ2v) is 8.58. The highest BCUT2D eigenvalue weighted by Gasteiger charge is 2.38. The van der Waals surface area contributed by atoms with Crippen LogP contribution in [0.2, 0.25) is 0 Å². The third-order valence-electron chi connectivity index (χ3n) is 6.15. The summed E-state index contributed by atoms with van der Waals surface area (Å²) in [4.78, 5) is 27.0. The van der Waals surface area contributed by atoms with Crippen LogP contribution in [0.3, 0.4) is 0 Å². The van der Waals surface area contributed by atoms with Crippen LogP contribution in [0.4, 0.5) is 5.69 Å². The molecular weight excluding hydrogens is 394 g/mol. The molecule has 3 heterocycles. The number of hydrogen-bond donors (Lipinski definition) is 2. The number of carbonyl (C=O) groups is 2. The number of rotatable bonds is 4. The van der Waals surface area contributed by atoms with Gasteiger partial charge < -0.3 is 20.3 Å². The minimum absolute atomic E-state index is 0. The van der Waals surface area contributed by atoms with E-state index in [2.05, 4.69) is 15.7 Å². The number of carbonyl (C=O) groups excluding carboxylic acids is 2. The number of aromatic nitrogens is 2. The van der Waals surface area contributed by atoms with Crippen molar-refractivity contribution in [3.63, 3.8) is 0 Å². The van der Waals surface area contributed by atoms with E-state index in [0.717, 1.165) is 6.42 Å². The Labute approximate surface area is 178 Å². The second-order valence-electron chi connectivity index (χ2n) is 8.58. The Balaban J connectivity index is 0.00000240. The number of amides is 2. The van der Waals surface area contributed by atoms with Crippen LogP contribution in [0.5, 0.6) is 0 Å². The second kappa shape index (κ2) is 9.45. The van der Waals surface area contributed by atoms with E-state index in [4.69, 9.17) is 4.74 Å². The fraction of sp³-hybridized carbons (Fsp3) is 0.750. The standard InChI is InChI=1S/C20H31N5O3.ClH/c1-13-9-24(10-14(2)28-13)19(26)12-25-11-16(8-21-25)22-20(27)18-7-15-5-3-4-6-17(15)23-18;/h8,11,13-15,17-18,23H,3-7,9-10,12H2,1-2H3,(H,22,27);1H. The number of nitrogens with zero attached hydrogens (tertiary/aromatic N) is 3. The van der Waals surface area contributed by atoms with E-state index in [-0.39, 0.29) is 49.0 Å². The van der Waals surface area contributed by atoms with Crippen molar-refractivity contribution in [2.75, 3.05) is 18.4 Å². The molecule has 29 heavy (non-hydrogen) atoms. The van der Waals surface area contributed by atoms with Crippen LogP contribution in [0.25, 0.3) is 0 Å². The normalized spacial score (nSPS) is 31.7. The maximum absolute atomic E-state index is 12.6. The molecule has 9 heteroatoms. The lowest BCUT2D eigenvalue weighted by Gasteiger charge is -2.35. The number of nitrogens with one attached hydrogen (secondary N) is 2. The van der Waals surface area contributed by atoms with Gasteiger partial charge >= 0.3 is 0 Å². The number of ether oxygens (including phenoxy) is 1. The summed E-state index contributed by atoms with van der Waals surface area (Å²) in [5.41, 5.74) is 0.637. The molecule has 1 aromatic rings. The molecule has 8 nitrogen and oxygen atoms in total. The first-order chi connectivity index (χ1) is 13.5. The van der Waals surface area contributed by atoms with Gasteiger partial charge in [-0.05, 0) is 39.0 Å². The lowest BCUT2D eigenvalue weighted by atomic mass is 9.85. The molecule has 2 saturated heterocycles. The van der Waals surface area contributed by atoms with Crippen LogP contribution >= 0.6 is 12.4 Å². The Kier molecular flexibility index (Phi) is 7.19. The summed E-state index contributed by atoms with van der Waals surface area (Å²) < 4.78 is 7.27. The zero-order chi connectivity index (χ0) is 19.7. The lowest BCUT2D eigenvalue weighted by molar-refractivity contribution is -0.144. The Bertz CT molecular complexity index is 703. The molecule has 0 radical (unpaired) electrons. The smallest absolute Gasteiger partial charge is 0.244 e. The molecule has 162 valence electrons. The van der Waals surface area contributed by atoms with Gasteiger partial charge in [-0.1, -0.05) is 12.8 Å². The van der Waals surface area contributed by atoms with Crippen molar-refractivity contribution >= 4 is 29.9 Å². The predicted octanol–water partition coefficient (Wildman–Crippen LogP) is 1.80. The van der Waals surface area contributed by atoms with E-state index >= 15 is 0 Å². The van der Waals surface area contributed by atoms with Gasteiger partial charge in [0.2, 0.25) is 11.8 Å². The van der Waals surface area contributed by atoms with Crippen LogP contribution in [0.1, 0.15) is 46.0 Å². The van der Waals surface area contributed by atoms with Gasteiger partial charge in [0.05, 0.1) is 30.1 Å². The maximum atomic E-state index is 12.6. The van der Waals surface area contributed by atoms with E-state index in [1.54, 1.807) is 17.1 Å². The zero-order valence-electron chi connectivity index (χ0n) is 17.2. The molecule has 1 saturated carbocycles. The molecule has 2 amide bonds. The summed E-state index contributed by atoms with van der Waals surface area (Å²) in [6.07, 6.45) is 9.26. The number of hydrogen-bond acceptors (Lipinski definition) is 5. The average molecular weight is 426 g/mol. The highest BCUT2D eigenvalue weighted by Crippen LogP contribution is 2.33. The Morgan fingerprint density at radius 2 is 1.97 bits per heavy atom. The predicted molar refractivity (Wildman–Crippen MR) is 112 cm³/mol. The number of anilines is 1. The van der Waals surface area contributed by atoms with Crippen molar-refractivity contribution in [2.24, 2.45) is 5.92 Å². The van der Waals surface area contributed by atoms with E-state index in [1.165, 1.54) is 25.7 Å². The fourth-order valence-electron chi connectivity index (χ4n) is 4.89. The first kappa shape index (κ1) is 22.1. The topological polar surface area (TPSA) is 88.5 Å². The van der Waals surface area contributed by atoms with Crippen LogP contribution in [-0.2, 0) is 20.9 Å². The molecule has 5 unspecified atom stereocenters. The third kappa shape index (κ3) is 5.29. The Morgan fingerprint density at radius 3 is 2.69 bits per heavy atom. The molecule has 0 bridgehead atoms. The van der Waals surface area contributed by atoms with Crippen molar-refractivity contribution < 1.29 is 14.3 Å². The van der Waals surface area contributed by atoms with Gasteiger partial charge in [-0.15, -0.1) is 12.4 Å². The molecule has 2 N–H and O–H groups in total. The molecule has 3 fully saturated rings. The number of halogens is 1. The minimum atomic E-state index is -0.130. The van der Waals surface area contributed by atoms with Gasteiger partial charge in [0.25, 0.3) is 0 Å². The molecule has 5 atom stereocenters. The maximum Gasteiger partial charge on any atom is 0.244 e. The lowest BCUT2D eigenvalue weighted by Crippen LogP contribution is -2.49. The van der Waals surface area contributed by atoms with Gasteiger partial charge in [0.15, 0.2) is 0 Å². The summed E-state index contributed by atoms with van der Waals surface area (Å²) in [6.45, 7) is 5.32. The van der Waals surface area contributed by atoms with Crippen LogP contribution in [0.15, 0.2) is 12.4 Å². The van der Waals surface area contributed by atoms with Gasteiger partial charge in [0.1, 0.15) is 6.54 Å². The van der Waals surface area contributed by atoms with Gasteiger partial charge in [-0.2, -0.15) is 5.10 Å². The summed E-state index contributed by atoms with van der Waals surface area (Å²) in [7, 11) is 0. The number of fused-ring (bicyclic) bond motifs is 1. The first-order valence-electron chi connectivity index (χ1n) is 10.5. The SMILES string of the molecule is CC1CN(C(=O)Cn2cc(NC(=O)C3CC4CCCCC4N3)cn2)CC(C)O1.Cl. The Hall–Kier alpha value is -1.64. The quantitative estimate of drug-likeness (QED) is 0.767. The van der Waals surface area contributed by atoms with E-state index in [9.17, 15) is 9.59 Å². The molecule has 3 aliphatic rings. The fourth-order valence-corrected chi connectivity index (χ4v) is 4.89. The molecule has 2 aliphatic heterocycles. The summed E-state index contributed by atoms with van der Waals surface area (Å²) in [6, 6.07) is 0.359. The summed E-state index contributed by atoms with van der Waals surface area (Å²) in [5, 5.41) is 10.7. The number of morpholine rings is 1. The molecule has 0 spiro atoms. The van der Waals surface area contributed by atoms with E-state index in [1.807, 2.05) is 18.7 Å². The van der Waals surface area contributed by atoms with Gasteiger partial charge in [0, 0.05) is 25.3 Å². The largest absolute Gasteiger partial charge is 0.372 e. The van der Waals surface area contributed by atoms with Gasteiger partial charge in [-0.3, -0.25) is 14.3 Å². The Morgan fingerprint density at radius 1 is 1.24 bits per heavy atom. The molecule has 1 aliphatic carbocycles. The van der Waals surface area contributed by atoms with Crippen molar-refractivity contribution in [3.05, 3.63) is 12.4 Å².